The lowest BCUT2D eigenvalue weighted by molar-refractivity contribution is 0.402. The average Bonchev–Trinajstić information content (AvgIpc) is 2.70. The molecule has 28 heavy (non-hydrogen) atoms. The molecule has 0 atom stereocenters. The number of hydrogen-bond acceptors (Lipinski definition) is 6. The van der Waals surface area contributed by atoms with Crippen molar-refractivity contribution in [2.75, 3.05) is 23.3 Å². The second kappa shape index (κ2) is 8.26. The van der Waals surface area contributed by atoms with E-state index in [1.807, 2.05) is 49.1 Å². The molecule has 3 aromatic rings. The van der Waals surface area contributed by atoms with Gasteiger partial charge >= 0.3 is 0 Å². The van der Waals surface area contributed by atoms with E-state index in [2.05, 4.69) is 14.9 Å². The minimum atomic E-state index is -3.86. The molecule has 0 saturated carbocycles. The molecule has 0 amide bonds. The van der Waals surface area contributed by atoms with Crippen LogP contribution in [0.2, 0.25) is 0 Å². The van der Waals surface area contributed by atoms with Crippen molar-refractivity contribution in [2.24, 2.45) is 0 Å². The number of sulfonamides is 1. The summed E-state index contributed by atoms with van der Waals surface area (Å²) in [5, 5.41) is 8.22. The molecule has 2 aromatic carbocycles. The summed E-state index contributed by atoms with van der Waals surface area (Å²) in [6.07, 6.45) is 0. The van der Waals surface area contributed by atoms with Gasteiger partial charge in [-0.15, -0.1) is 10.2 Å². The summed E-state index contributed by atoms with van der Waals surface area (Å²) in [5.41, 5.74) is 1.79. The number of para-hydroxylation sites is 1. The van der Waals surface area contributed by atoms with Gasteiger partial charge in [-0.25, -0.2) is 8.42 Å². The highest BCUT2D eigenvalue weighted by atomic mass is 32.2. The first-order valence-corrected chi connectivity index (χ1v) is 10.3. The zero-order valence-corrected chi connectivity index (χ0v) is 16.8. The van der Waals surface area contributed by atoms with Crippen molar-refractivity contribution < 1.29 is 13.2 Å². The summed E-state index contributed by atoms with van der Waals surface area (Å²) >= 11 is 0. The van der Waals surface area contributed by atoms with Crippen molar-refractivity contribution in [1.82, 2.24) is 10.2 Å². The predicted molar refractivity (Wildman–Crippen MR) is 110 cm³/mol. The van der Waals surface area contributed by atoms with Crippen LogP contribution in [0.3, 0.4) is 0 Å². The predicted octanol–water partition coefficient (Wildman–Crippen LogP) is 3.75. The lowest BCUT2D eigenvalue weighted by atomic mass is 10.2. The zero-order valence-electron chi connectivity index (χ0n) is 16.0. The van der Waals surface area contributed by atoms with Gasteiger partial charge in [0.2, 0.25) is 0 Å². The van der Waals surface area contributed by atoms with Crippen LogP contribution in [0.1, 0.15) is 12.5 Å². The van der Waals surface area contributed by atoms with Gasteiger partial charge in [0.15, 0.2) is 11.6 Å². The molecule has 0 unspecified atom stereocenters. The Hall–Kier alpha value is -3.13. The van der Waals surface area contributed by atoms with Crippen LogP contribution in [0.5, 0.6) is 5.75 Å². The summed E-state index contributed by atoms with van der Waals surface area (Å²) in [6, 6.07) is 18.1. The number of nitrogens with one attached hydrogen (secondary N) is 1. The number of rotatable bonds is 7. The van der Waals surface area contributed by atoms with Crippen molar-refractivity contribution >= 4 is 27.3 Å². The van der Waals surface area contributed by atoms with Crippen LogP contribution in [0.25, 0.3) is 0 Å². The van der Waals surface area contributed by atoms with Crippen molar-refractivity contribution in [3.05, 3.63) is 66.2 Å². The molecule has 8 heteroatoms. The van der Waals surface area contributed by atoms with E-state index in [1.54, 1.807) is 30.3 Å². The van der Waals surface area contributed by atoms with E-state index >= 15 is 0 Å². The maximum Gasteiger partial charge on any atom is 0.266 e. The normalized spacial score (nSPS) is 11.1. The third-order valence-electron chi connectivity index (χ3n) is 4.16. The number of hydrogen-bond donors (Lipinski definition) is 1. The van der Waals surface area contributed by atoms with Gasteiger partial charge in [-0.05, 0) is 55.8 Å². The monoisotopic (exact) mass is 398 g/mol. The van der Waals surface area contributed by atoms with Gasteiger partial charge in [-0.1, -0.05) is 24.3 Å². The summed E-state index contributed by atoms with van der Waals surface area (Å²) in [6.45, 7) is 4.52. The fraction of sp³-hybridized carbons (Fsp3) is 0.200. The Morgan fingerprint density at radius 1 is 1.04 bits per heavy atom. The van der Waals surface area contributed by atoms with E-state index in [9.17, 15) is 8.42 Å². The topological polar surface area (TPSA) is 84.4 Å². The number of methoxy groups -OCH3 is 1. The molecular weight excluding hydrogens is 376 g/mol. The van der Waals surface area contributed by atoms with E-state index in [0.29, 0.717) is 12.4 Å². The molecular formula is C20H22N4O3S. The van der Waals surface area contributed by atoms with Gasteiger partial charge in [0.1, 0.15) is 10.6 Å². The Morgan fingerprint density at radius 2 is 1.79 bits per heavy atom. The molecule has 1 heterocycles. The lowest BCUT2D eigenvalue weighted by Gasteiger charge is -2.21. The summed E-state index contributed by atoms with van der Waals surface area (Å²) in [4.78, 5) is 2.04. The molecule has 146 valence electrons. The first-order valence-electron chi connectivity index (χ1n) is 8.78. The summed E-state index contributed by atoms with van der Waals surface area (Å²) in [5.74, 6) is 1.03. The number of ether oxygens (including phenoxy) is 1. The van der Waals surface area contributed by atoms with Gasteiger partial charge in [0.05, 0.1) is 7.11 Å². The van der Waals surface area contributed by atoms with Gasteiger partial charge in [0.25, 0.3) is 10.0 Å². The Labute approximate surface area is 165 Å². The van der Waals surface area contributed by atoms with Crippen LogP contribution in [0, 0.1) is 6.92 Å². The third kappa shape index (κ3) is 4.23. The molecule has 1 N–H and O–H groups in total. The third-order valence-corrected chi connectivity index (χ3v) is 5.53. The van der Waals surface area contributed by atoms with Crippen molar-refractivity contribution in [3.63, 3.8) is 0 Å². The molecule has 0 saturated heterocycles. The molecule has 1 aromatic heterocycles. The molecule has 0 bridgehead atoms. The smallest absolute Gasteiger partial charge is 0.266 e. The zero-order chi connectivity index (χ0) is 20.1. The number of nitrogens with zero attached hydrogens (tertiary/aromatic N) is 3. The molecule has 0 aliphatic carbocycles. The molecule has 0 radical (unpaired) electrons. The van der Waals surface area contributed by atoms with Crippen LogP contribution < -0.4 is 14.4 Å². The Bertz CT molecular complexity index is 1040. The number of anilines is 3. The quantitative estimate of drug-likeness (QED) is 0.652. The van der Waals surface area contributed by atoms with Crippen molar-refractivity contribution in [2.45, 2.75) is 18.7 Å². The van der Waals surface area contributed by atoms with Gasteiger partial charge in [-0.2, -0.15) is 0 Å². The Kier molecular flexibility index (Phi) is 5.79. The van der Waals surface area contributed by atoms with Crippen LogP contribution in [-0.2, 0) is 10.0 Å². The van der Waals surface area contributed by atoms with Gasteiger partial charge in [-0.3, -0.25) is 4.72 Å². The van der Waals surface area contributed by atoms with Crippen LogP contribution >= 0.6 is 0 Å². The fourth-order valence-corrected chi connectivity index (χ4v) is 4.05. The van der Waals surface area contributed by atoms with E-state index in [4.69, 9.17) is 4.74 Å². The first-order chi connectivity index (χ1) is 13.4. The largest absolute Gasteiger partial charge is 0.495 e. The summed E-state index contributed by atoms with van der Waals surface area (Å²) in [7, 11) is -2.43. The fourth-order valence-electron chi connectivity index (χ4n) is 2.79. The lowest BCUT2D eigenvalue weighted by Crippen LogP contribution is -2.19. The van der Waals surface area contributed by atoms with Crippen LogP contribution in [0.15, 0.2) is 65.6 Å². The molecule has 0 aliphatic rings. The molecule has 0 spiro atoms. The Morgan fingerprint density at radius 3 is 2.39 bits per heavy atom. The highest BCUT2D eigenvalue weighted by Crippen LogP contribution is 2.27. The maximum atomic E-state index is 12.8. The highest BCUT2D eigenvalue weighted by molar-refractivity contribution is 7.92. The van der Waals surface area contributed by atoms with E-state index in [1.165, 1.54) is 7.11 Å². The number of aryl methyl sites for hydroxylation is 1. The van der Waals surface area contributed by atoms with Crippen LogP contribution in [0.4, 0.5) is 17.3 Å². The minimum absolute atomic E-state index is 0.0559. The SMILES string of the molecule is CCN(c1ccccc1)c1ccc(NS(=O)(=O)c2cc(C)ccc2OC)nn1. The van der Waals surface area contributed by atoms with Crippen molar-refractivity contribution in [1.29, 1.82) is 0 Å². The van der Waals surface area contributed by atoms with Gasteiger partial charge < -0.3 is 9.64 Å². The molecule has 7 nitrogen and oxygen atoms in total. The van der Waals surface area contributed by atoms with E-state index in [0.717, 1.165) is 11.3 Å². The summed E-state index contributed by atoms with van der Waals surface area (Å²) < 4.78 is 33.2. The number of benzene rings is 2. The van der Waals surface area contributed by atoms with Crippen molar-refractivity contribution in [3.8, 4) is 5.75 Å². The minimum Gasteiger partial charge on any atom is -0.495 e. The van der Waals surface area contributed by atoms with Crippen LogP contribution in [-0.4, -0.2) is 32.3 Å². The molecule has 0 fully saturated rings. The molecule has 0 aliphatic heterocycles. The second-order valence-corrected chi connectivity index (χ2v) is 7.77. The molecule has 3 rings (SSSR count). The van der Waals surface area contributed by atoms with E-state index < -0.39 is 10.0 Å². The van der Waals surface area contributed by atoms with Gasteiger partial charge in [0, 0.05) is 12.2 Å². The van der Waals surface area contributed by atoms with E-state index in [-0.39, 0.29) is 16.5 Å². The maximum absolute atomic E-state index is 12.8. The number of aromatic nitrogens is 2. The Balaban J connectivity index is 1.85. The second-order valence-electron chi connectivity index (χ2n) is 6.12. The highest BCUT2D eigenvalue weighted by Gasteiger charge is 2.21. The first kappa shape index (κ1) is 19.6. The standard InChI is InChI=1S/C20H22N4O3S/c1-4-24(16-8-6-5-7-9-16)20-13-12-19(21-22-20)23-28(25,26)18-14-15(2)10-11-17(18)27-3/h5-14H,4H2,1-3H3,(H,21,23). The average molecular weight is 398 g/mol.